The molecule has 1 aromatic carbocycles. The average Bonchev–Trinajstić information content (AvgIpc) is 3.47. The summed E-state index contributed by atoms with van der Waals surface area (Å²) < 4.78 is 31.4. The molecule has 3 aromatic heterocycles. The second-order valence-corrected chi connectivity index (χ2v) is 12.1. The molecule has 0 atom stereocenters. The van der Waals surface area contributed by atoms with Crippen molar-refractivity contribution in [3.63, 3.8) is 0 Å². The number of nitrogens with zero attached hydrogens (tertiary/aromatic N) is 5. The van der Waals surface area contributed by atoms with Crippen molar-refractivity contribution in [2.45, 2.75) is 36.9 Å². The normalized spacial score (nSPS) is 18.0. The van der Waals surface area contributed by atoms with Gasteiger partial charge in [-0.05, 0) is 59.8 Å². The summed E-state index contributed by atoms with van der Waals surface area (Å²) in [7, 11) is -3.14. The van der Waals surface area contributed by atoms with E-state index in [1.54, 1.807) is 15.0 Å². The highest BCUT2D eigenvalue weighted by Gasteiger charge is 2.41. The van der Waals surface area contributed by atoms with Crippen LogP contribution >= 0.6 is 15.9 Å². The molecule has 176 valence electrons. The summed E-state index contributed by atoms with van der Waals surface area (Å²) in [4.78, 5) is 5.01. The van der Waals surface area contributed by atoms with Crippen molar-refractivity contribution in [3.05, 3.63) is 65.2 Å². The maximum absolute atomic E-state index is 12.6. The monoisotopic (exact) mass is 540 g/mol. The van der Waals surface area contributed by atoms with E-state index < -0.39 is 10.0 Å². The van der Waals surface area contributed by atoms with E-state index in [-0.39, 0.29) is 11.2 Å². The van der Waals surface area contributed by atoms with E-state index in [1.807, 2.05) is 30.5 Å². The van der Waals surface area contributed by atoms with Gasteiger partial charge in [0.1, 0.15) is 5.82 Å². The number of piperidine rings is 1. The Bertz CT molecular complexity index is 1470. The molecule has 34 heavy (non-hydrogen) atoms. The number of hydrogen-bond acceptors (Lipinski definition) is 5. The van der Waals surface area contributed by atoms with Crippen LogP contribution in [0.5, 0.6) is 0 Å². The standard InChI is InChI=1S/C24H25BrN6O2S/c25-21-22(16-9-12-30(13-10-16)34(32,33)19-6-7-19)28-24-20(14-27-31(24)23(21)26)17-8-11-29(15-17)18-4-2-1-3-5-18/h1-5,8,11,14-16,19H,6-7,9-10,12-13,26H2. The molecule has 2 fully saturated rings. The topological polar surface area (TPSA) is 98.5 Å². The van der Waals surface area contributed by atoms with Gasteiger partial charge in [0.2, 0.25) is 10.0 Å². The first-order chi connectivity index (χ1) is 16.4. The minimum absolute atomic E-state index is 0.129. The summed E-state index contributed by atoms with van der Waals surface area (Å²) >= 11 is 3.64. The molecule has 1 aliphatic heterocycles. The Hall–Kier alpha value is -2.69. The molecule has 4 heterocycles. The number of halogens is 1. The van der Waals surface area contributed by atoms with Crippen LogP contribution in [0.15, 0.2) is 59.5 Å². The molecule has 1 aliphatic carbocycles. The van der Waals surface area contributed by atoms with Gasteiger partial charge >= 0.3 is 0 Å². The highest BCUT2D eigenvalue weighted by molar-refractivity contribution is 9.10. The van der Waals surface area contributed by atoms with Crippen molar-refractivity contribution in [3.8, 4) is 16.8 Å². The van der Waals surface area contributed by atoms with E-state index in [9.17, 15) is 8.42 Å². The molecule has 4 aromatic rings. The predicted octanol–water partition coefficient (Wildman–Crippen LogP) is 4.20. The van der Waals surface area contributed by atoms with Gasteiger partial charge in [-0.3, -0.25) is 0 Å². The third-order valence-corrected chi connectivity index (χ3v) is 10.1. The first kappa shape index (κ1) is 21.8. The van der Waals surface area contributed by atoms with E-state index in [2.05, 4.69) is 43.9 Å². The lowest BCUT2D eigenvalue weighted by molar-refractivity contribution is 0.316. The fourth-order valence-electron chi connectivity index (χ4n) is 4.76. The van der Waals surface area contributed by atoms with Crippen LogP contribution in [0.2, 0.25) is 0 Å². The maximum atomic E-state index is 12.6. The van der Waals surface area contributed by atoms with Crippen LogP contribution in [0.3, 0.4) is 0 Å². The molecule has 2 N–H and O–H groups in total. The van der Waals surface area contributed by atoms with Crippen molar-refractivity contribution in [1.82, 2.24) is 23.5 Å². The molecule has 1 saturated heterocycles. The van der Waals surface area contributed by atoms with Crippen LogP contribution in [0.1, 0.15) is 37.3 Å². The van der Waals surface area contributed by atoms with Gasteiger partial charge in [0.15, 0.2) is 5.65 Å². The number of anilines is 1. The SMILES string of the molecule is Nc1c(Br)c(C2CCN(S(=O)(=O)C3CC3)CC2)nc2c(-c3ccn(-c4ccccc4)c3)cnn12. The zero-order valence-corrected chi connectivity index (χ0v) is 20.9. The molecular formula is C24H25BrN6O2S. The summed E-state index contributed by atoms with van der Waals surface area (Å²) in [6.07, 6.45) is 8.91. The van der Waals surface area contributed by atoms with Gasteiger partial charge < -0.3 is 10.3 Å². The number of nitrogen functional groups attached to an aromatic ring is 1. The van der Waals surface area contributed by atoms with Crippen LogP contribution in [-0.2, 0) is 10.0 Å². The molecular weight excluding hydrogens is 516 g/mol. The molecule has 10 heteroatoms. The van der Waals surface area contributed by atoms with Crippen LogP contribution < -0.4 is 5.73 Å². The van der Waals surface area contributed by atoms with E-state index >= 15 is 0 Å². The summed E-state index contributed by atoms with van der Waals surface area (Å²) in [5.41, 5.74) is 11.0. The minimum Gasteiger partial charge on any atom is -0.383 e. The van der Waals surface area contributed by atoms with Crippen molar-refractivity contribution in [2.24, 2.45) is 0 Å². The highest BCUT2D eigenvalue weighted by atomic mass is 79.9. The lowest BCUT2D eigenvalue weighted by atomic mass is 9.94. The molecule has 0 unspecified atom stereocenters. The summed E-state index contributed by atoms with van der Waals surface area (Å²) in [6, 6.07) is 12.2. The Balaban J connectivity index is 1.33. The number of fused-ring (bicyclic) bond motifs is 1. The van der Waals surface area contributed by atoms with Crippen LogP contribution in [-0.4, -0.2) is 50.2 Å². The van der Waals surface area contributed by atoms with Crippen molar-refractivity contribution in [1.29, 1.82) is 0 Å². The Morgan fingerprint density at radius 2 is 1.76 bits per heavy atom. The van der Waals surface area contributed by atoms with Crippen molar-refractivity contribution < 1.29 is 8.42 Å². The molecule has 0 radical (unpaired) electrons. The van der Waals surface area contributed by atoms with Gasteiger partial charge in [-0.25, -0.2) is 17.7 Å². The molecule has 0 bridgehead atoms. The molecule has 2 aliphatic rings. The van der Waals surface area contributed by atoms with Crippen molar-refractivity contribution in [2.75, 3.05) is 18.8 Å². The second kappa shape index (κ2) is 8.21. The molecule has 0 amide bonds. The lowest BCUT2D eigenvalue weighted by Crippen LogP contribution is -2.40. The summed E-state index contributed by atoms with van der Waals surface area (Å²) in [5, 5.41) is 4.33. The minimum atomic E-state index is -3.14. The zero-order valence-electron chi connectivity index (χ0n) is 18.5. The van der Waals surface area contributed by atoms with Gasteiger partial charge in [0.05, 0.1) is 21.6 Å². The molecule has 8 nitrogen and oxygen atoms in total. The van der Waals surface area contributed by atoms with E-state index in [0.29, 0.717) is 24.6 Å². The van der Waals surface area contributed by atoms with Gasteiger partial charge in [-0.15, -0.1) is 0 Å². The number of nitrogens with two attached hydrogens (primary N) is 1. The number of sulfonamides is 1. The maximum Gasteiger partial charge on any atom is 0.216 e. The third-order valence-electron chi connectivity index (χ3n) is 6.85. The average molecular weight is 541 g/mol. The third kappa shape index (κ3) is 3.64. The zero-order chi connectivity index (χ0) is 23.4. The summed E-state index contributed by atoms with van der Waals surface area (Å²) in [6.45, 7) is 1.05. The first-order valence-electron chi connectivity index (χ1n) is 11.5. The lowest BCUT2D eigenvalue weighted by Gasteiger charge is -2.31. The van der Waals surface area contributed by atoms with Gasteiger partial charge in [-0.1, -0.05) is 18.2 Å². The summed E-state index contributed by atoms with van der Waals surface area (Å²) in [5.74, 6) is 0.630. The van der Waals surface area contributed by atoms with E-state index in [0.717, 1.165) is 52.7 Å². The van der Waals surface area contributed by atoms with Crippen LogP contribution in [0.4, 0.5) is 5.82 Å². The fourth-order valence-corrected chi connectivity index (χ4v) is 7.22. The first-order valence-corrected chi connectivity index (χ1v) is 13.8. The van der Waals surface area contributed by atoms with Crippen molar-refractivity contribution >= 4 is 37.4 Å². The van der Waals surface area contributed by atoms with Gasteiger partial charge in [0.25, 0.3) is 0 Å². The molecule has 6 rings (SSSR count). The number of para-hydroxylation sites is 1. The fraction of sp³-hybridized carbons (Fsp3) is 0.333. The number of aromatic nitrogens is 4. The van der Waals surface area contributed by atoms with Crippen LogP contribution in [0.25, 0.3) is 22.5 Å². The van der Waals surface area contributed by atoms with E-state index in [1.165, 1.54) is 0 Å². The Morgan fingerprint density at radius 3 is 2.47 bits per heavy atom. The largest absolute Gasteiger partial charge is 0.383 e. The second-order valence-electron chi connectivity index (χ2n) is 9.05. The van der Waals surface area contributed by atoms with E-state index in [4.69, 9.17) is 10.7 Å². The van der Waals surface area contributed by atoms with Gasteiger partial charge in [0, 0.05) is 48.2 Å². The molecule has 0 spiro atoms. The predicted molar refractivity (Wildman–Crippen MR) is 135 cm³/mol. The van der Waals surface area contributed by atoms with Gasteiger partial charge in [-0.2, -0.15) is 9.61 Å². The number of hydrogen-bond donors (Lipinski definition) is 1. The smallest absolute Gasteiger partial charge is 0.216 e. The quantitative estimate of drug-likeness (QED) is 0.409. The van der Waals surface area contributed by atoms with Crippen LogP contribution in [0, 0.1) is 0 Å². The molecule has 1 saturated carbocycles. The number of benzene rings is 1. The Labute approximate surface area is 206 Å². The highest BCUT2D eigenvalue weighted by Crippen LogP contribution is 2.39. The Kier molecular flexibility index (Phi) is 5.27. The Morgan fingerprint density at radius 1 is 1.03 bits per heavy atom. The number of rotatable bonds is 5.